The molecule has 0 saturated carbocycles. The molecule has 1 atom stereocenters. The van der Waals surface area contributed by atoms with Gasteiger partial charge in [-0.25, -0.2) is 4.39 Å². The first-order chi connectivity index (χ1) is 6.36. The van der Waals surface area contributed by atoms with E-state index in [1.165, 1.54) is 17.7 Å². The molecule has 0 radical (unpaired) electrons. The number of rotatable bonds is 1. The minimum atomic E-state index is -0.168. The highest BCUT2D eigenvalue weighted by Gasteiger charge is 2.07. The van der Waals surface area contributed by atoms with Crippen LogP contribution in [0.4, 0.5) is 4.39 Å². The van der Waals surface area contributed by atoms with Crippen LogP contribution in [0.1, 0.15) is 17.9 Å². The monoisotopic (exact) mass is 174 g/mol. The van der Waals surface area contributed by atoms with Crippen LogP contribution in [-0.2, 0) is 0 Å². The molecule has 0 fully saturated rings. The van der Waals surface area contributed by atoms with Crippen molar-refractivity contribution in [1.29, 1.82) is 0 Å². The van der Waals surface area contributed by atoms with Gasteiger partial charge in [0.05, 0.1) is 0 Å². The number of hydrogen-bond acceptors (Lipinski definition) is 0. The molecule has 66 valence electrons. The molecule has 0 amide bonds. The van der Waals surface area contributed by atoms with Crippen LogP contribution >= 0.6 is 0 Å². The molecule has 1 heteroatoms. The fourth-order valence-electron chi connectivity index (χ4n) is 1.54. The first-order valence-electron chi connectivity index (χ1n) is 4.45. The highest BCUT2D eigenvalue weighted by molar-refractivity contribution is 5.28. The van der Waals surface area contributed by atoms with E-state index >= 15 is 0 Å². The van der Waals surface area contributed by atoms with Crippen LogP contribution in [0.5, 0.6) is 0 Å². The largest absolute Gasteiger partial charge is 0.207 e. The summed E-state index contributed by atoms with van der Waals surface area (Å²) in [6.45, 7) is 0. The summed E-state index contributed by atoms with van der Waals surface area (Å²) in [5.74, 6) is 0.254. The maximum atomic E-state index is 12.6. The van der Waals surface area contributed by atoms with Crippen LogP contribution in [0.25, 0.3) is 0 Å². The van der Waals surface area contributed by atoms with Gasteiger partial charge < -0.3 is 0 Å². The molecule has 13 heavy (non-hydrogen) atoms. The zero-order chi connectivity index (χ0) is 9.10. The Morgan fingerprint density at radius 2 is 1.85 bits per heavy atom. The van der Waals surface area contributed by atoms with Gasteiger partial charge >= 0.3 is 0 Å². The molecular weight excluding hydrogens is 163 g/mol. The van der Waals surface area contributed by atoms with Crippen LogP contribution in [0.3, 0.4) is 0 Å². The summed E-state index contributed by atoms with van der Waals surface area (Å²) >= 11 is 0. The summed E-state index contributed by atoms with van der Waals surface area (Å²) in [5, 5.41) is 0. The third-order valence-corrected chi connectivity index (χ3v) is 2.28. The summed E-state index contributed by atoms with van der Waals surface area (Å²) in [5.41, 5.74) is 1.18. The maximum Gasteiger partial charge on any atom is 0.123 e. The number of halogens is 1. The molecule has 1 aliphatic rings. The molecule has 0 saturated heterocycles. The lowest BCUT2D eigenvalue weighted by atomic mass is 9.93. The number of hydrogen-bond donors (Lipinski definition) is 0. The fraction of sp³-hybridized carbons (Fsp3) is 0.167. The van der Waals surface area contributed by atoms with E-state index in [0.717, 1.165) is 6.42 Å². The van der Waals surface area contributed by atoms with E-state index < -0.39 is 0 Å². The van der Waals surface area contributed by atoms with Crippen molar-refractivity contribution in [3.63, 3.8) is 0 Å². The van der Waals surface area contributed by atoms with Crippen molar-refractivity contribution in [2.24, 2.45) is 0 Å². The zero-order valence-electron chi connectivity index (χ0n) is 7.28. The van der Waals surface area contributed by atoms with Crippen molar-refractivity contribution in [1.82, 2.24) is 0 Å². The van der Waals surface area contributed by atoms with Crippen LogP contribution in [0.2, 0.25) is 0 Å². The van der Waals surface area contributed by atoms with Gasteiger partial charge in [-0.2, -0.15) is 0 Å². The second-order valence-electron chi connectivity index (χ2n) is 3.21. The minimum absolute atomic E-state index is 0.168. The molecule has 0 bridgehead atoms. The molecule has 0 aromatic heterocycles. The van der Waals surface area contributed by atoms with Crippen LogP contribution in [0.15, 0.2) is 48.6 Å². The summed E-state index contributed by atoms with van der Waals surface area (Å²) in [7, 11) is 0. The predicted octanol–water partition coefficient (Wildman–Crippen LogP) is 3.43. The van der Waals surface area contributed by atoms with Gasteiger partial charge in [0.1, 0.15) is 5.82 Å². The van der Waals surface area contributed by atoms with E-state index in [0.29, 0.717) is 5.92 Å². The van der Waals surface area contributed by atoms with Gasteiger partial charge in [-0.05, 0) is 24.1 Å². The molecule has 0 N–H and O–H groups in total. The van der Waals surface area contributed by atoms with Crippen LogP contribution < -0.4 is 0 Å². The Hall–Kier alpha value is -1.37. The second kappa shape index (κ2) is 3.56. The Morgan fingerprint density at radius 1 is 1.08 bits per heavy atom. The Kier molecular flexibility index (Phi) is 2.26. The first kappa shape index (κ1) is 8.24. The van der Waals surface area contributed by atoms with Crippen molar-refractivity contribution in [3.05, 3.63) is 60.0 Å². The van der Waals surface area contributed by atoms with Gasteiger partial charge in [0.2, 0.25) is 0 Å². The fourth-order valence-corrected chi connectivity index (χ4v) is 1.54. The standard InChI is InChI=1S/C12H11F/c13-12-8-6-11(7-9-12)10-4-2-1-3-5-10/h1-4,6-10H,5H2/t10-/m1/s1. The Morgan fingerprint density at radius 3 is 2.46 bits per heavy atom. The SMILES string of the molecule is Fc1ccc([C@@H]2C=CC=CC2)cc1. The Labute approximate surface area is 77.4 Å². The molecule has 0 nitrogen and oxygen atoms in total. The summed E-state index contributed by atoms with van der Waals surface area (Å²) in [6, 6.07) is 6.73. The normalized spacial score (nSPS) is 20.5. The van der Waals surface area contributed by atoms with E-state index in [1.54, 1.807) is 0 Å². The molecular formula is C12H11F. The Bertz CT molecular complexity index is 333. The van der Waals surface area contributed by atoms with Gasteiger partial charge in [0, 0.05) is 5.92 Å². The van der Waals surface area contributed by atoms with E-state index in [4.69, 9.17) is 0 Å². The van der Waals surface area contributed by atoms with Crippen molar-refractivity contribution < 1.29 is 4.39 Å². The van der Waals surface area contributed by atoms with E-state index in [2.05, 4.69) is 12.2 Å². The summed E-state index contributed by atoms with van der Waals surface area (Å²) in [4.78, 5) is 0. The van der Waals surface area contributed by atoms with Gasteiger partial charge in [-0.1, -0.05) is 36.4 Å². The van der Waals surface area contributed by atoms with E-state index in [9.17, 15) is 4.39 Å². The molecule has 0 aliphatic heterocycles. The van der Waals surface area contributed by atoms with Gasteiger partial charge in [0.15, 0.2) is 0 Å². The van der Waals surface area contributed by atoms with E-state index in [1.807, 2.05) is 24.3 Å². The van der Waals surface area contributed by atoms with Crippen molar-refractivity contribution in [3.8, 4) is 0 Å². The average Bonchev–Trinajstić information content (AvgIpc) is 2.20. The predicted molar refractivity (Wildman–Crippen MR) is 52.0 cm³/mol. The average molecular weight is 174 g/mol. The molecule has 1 aromatic rings. The van der Waals surface area contributed by atoms with Gasteiger partial charge in [0.25, 0.3) is 0 Å². The molecule has 0 unspecified atom stereocenters. The van der Waals surface area contributed by atoms with Crippen LogP contribution in [0, 0.1) is 5.82 Å². The summed E-state index contributed by atoms with van der Waals surface area (Å²) in [6.07, 6.45) is 9.38. The highest BCUT2D eigenvalue weighted by atomic mass is 19.1. The third kappa shape index (κ3) is 1.86. The zero-order valence-corrected chi connectivity index (χ0v) is 7.28. The third-order valence-electron chi connectivity index (χ3n) is 2.28. The first-order valence-corrected chi connectivity index (χ1v) is 4.45. The second-order valence-corrected chi connectivity index (χ2v) is 3.21. The molecule has 2 rings (SSSR count). The lowest BCUT2D eigenvalue weighted by Gasteiger charge is -2.12. The minimum Gasteiger partial charge on any atom is -0.207 e. The molecule has 0 spiro atoms. The Balaban J connectivity index is 2.21. The quantitative estimate of drug-likeness (QED) is 0.612. The van der Waals surface area contributed by atoms with Gasteiger partial charge in [-0.3, -0.25) is 0 Å². The van der Waals surface area contributed by atoms with Crippen molar-refractivity contribution in [2.45, 2.75) is 12.3 Å². The molecule has 1 aliphatic carbocycles. The molecule has 0 heterocycles. The van der Waals surface area contributed by atoms with Crippen molar-refractivity contribution in [2.75, 3.05) is 0 Å². The number of benzene rings is 1. The number of allylic oxidation sites excluding steroid dienone is 4. The maximum absolute atomic E-state index is 12.6. The van der Waals surface area contributed by atoms with Crippen molar-refractivity contribution >= 4 is 0 Å². The van der Waals surface area contributed by atoms with E-state index in [-0.39, 0.29) is 5.82 Å². The highest BCUT2D eigenvalue weighted by Crippen LogP contribution is 2.24. The lowest BCUT2D eigenvalue weighted by Crippen LogP contribution is -1.95. The van der Waals surface area contributed by atoms with Gasteiger partial charge in [-0.15, -0.1) is 0 Å². The lowest BCUT2D eigenvalue weighted by molar-refractivity contribution is 0.626. The topological polar surface area (TPSA) is 0 Å². The van der Waals surface area contributed by atoms with Crippen LogP contribution in [-0.4, -0.2) is 0 Å². The summed E-state index contributed by atoms with van der Waals surface area (Å²) < 4.78 is 12.6. The smallest absolute Gasteiger partial charge is 0.123 e. The molecule has 1 aromatic carbocycles.